The molecule has 1 aromatic heterocycles. The second-order valence-electron chi connectivity index (χ2n) is 6.30. The average molecular weight is 434 g/mol. The topological polar surface area (TPSA) is 78.3 Å². The zero-order valence-electron chi connectivity index (χ0n) is 16.6. The lowest BCUT2D eigenvalue weighted by molar-refractivity contribution is -0.113. The smallest absolute Gasteiger partial charge is 0.234 e. The average Bonchev–Trinajstić information content (AvgIpc) is 3.09. The monoisotopic (exact) mass is 434 g/mol. The number of ether oxygens (including phenoxy) is 2. The molecule has 0 bridgehead atoms. The molecule has 0 aliphatic heterocycles. The Morgan fingerprint density at radius 2 is 2.03 bits per heavy atom. The number of aromatic nitrogens is 3. The van der Waals surface area contributed by atoms with Crippen LogP contribution in [0.1, 0.15) is 18.9 Å². The Bertz CT molecular complexity index is 1040. The molecule has 0 aliphatic carbocycles. The van der Waals surface area contributed by atoms with Crippen molar-refractivity contribution in [3.05, 3.63) is 59.9 Å². The predicted molar refractivity (Wildman–Crippen MR) is 109 cm³/mol. The zero-order valence-corrected chi connectivity index (χ0v) is 17.4. The Kier molecular flexibility index (Phi) is 6.88. The fraction of sp³-hybridized carbons (Fsp3) is 0.250. The van der Waals surface area contributed by atoms with Crippen molar-refractivity contribution in [1.82, 2.24) is 14.8 Å². The van der Waals surface area contributed by atoms with E-state index in [0.29, 0.717) is 22.4 Å². The second-order valence-corrected chi connectivity index (χ2v) is 7.25. The van der Waals surface area contributed by atoms with Gasteiger partial charge < -0.3 is 19.4 Å². The number of nitrogens with zero attached hydrogens (tertiary/aromatic N) is 3. The van der Waals surface area contributed by atoms with Gasteiger partial charge in [-0.25, -0.2) is 8.78 Å². The number of benzene rings is 2. The van der Waals surface area contributed by atoms with Gasteiger partial charge in [0.2, 0.25) is 5.91 Å². The predicted octanol–water partition coefficient (Wildman–Crippen LogP) is 3.97. The Balaban J connectivity index is 1.59. The first-order chi connectivity index (χ1) is 14.4. The third-order valence-electron chi connectivity index (χ3n) is 4.12. The Morgan fingerprint density at radius 3 is 2.77 bits per heavy atom. The van der Waals surface area contributed by atoms with Crippen molar-refractivity contribution in [1.29, 1.82) is 0 Å². The fourth-order valence-electron chi connectivity index (χ4n) is 2.65. The Morgan fingerprint density at radius 1 is 1.23 bits per heavy atom. The van der Waals surface area contributed by atoms with Crippen LogP contribution in [0, 0.1) is 11.6 Å². The van der Waals surface area contributed by atoms with E-state index in [0.717, 1.165) is 12.1 Å². The minimum Gasteiger partial charge on any atom is -0.497 e. The van der Waals surface area contributed by atoms with Gasteiger partial charge in [0, 0.05) is 24.9 Å². The molecule has 30 heavy (non-hydrogen) atoms. The normalized spacial score (nSPS) is 11.8. The molecule has 2 aromatic carbocycles. The molecule has 1 atom stereocenters. The standard InChI is InChI=1S/C20H20F2N4O3S/c1-12(29-17-8-7-13(21)9-16(17)22)19-24-25-20(26(19)2)30-11-18(27)23-14-5-4-6-15(10-14)28-3/h4-10,12H,11H2,1-3H3,(H,23,27). The zero-order chi connectivity index (χ0) is 21.7. The quantitative estimate of drug-likeness (QED) is 0.541. The van der Waals surface area contributed by atoms with Gasteiger partial charge in [0.05, 0.1) is 12.9 Å². The van der Waals surface area contributed by atoms with E-state index in [1.165, 1.54) is 17.8 Å². The maximum absolute atomic E-state index is 13.8. The number of thioether (sulfide) groups is 1. The van der Waals surface area contributed by atoms with Crippen molar-refractivity contribution in [2.45, 2.75) is 18.2 Å². The van der Waals surface area contributed by atoms with Crippen molar-refractivity contribution in [2.75, 3.05) is 18.2 Å². The minimum atomic E-state index is -0.798. The maximum Gasteiger partial charge on any atom is 0.234 e. The van der Waals surface area contributed by atoms with Crippen LogP contribution in [0.3, 0.4) is 0 Å². The van der Waals surface area contributed by atoms with Crippen LogP contribution in [0.5, 0.6) is 11.5 Å². The summed E-state index contributed by atoms with van der Waals surface area (Å²) in [7, 11) is 3.27. The number of carbonyl (C=O) groups excluding carboxylic acids is 1. The molecule has 0 saturated heterocycles. The van der Waals surface area contributed by atoms with E-state index in [9.17, 15) is 13.6 Å². The van der Waals surface area contributed by atoms with Crippen molar-refractivity contribution < 1.29 is 23.0 Å². The molecule has 158 valence electrons. The summed E-state index contributed by atoms with van der Waals surface area (Å²) >= 11 is 1.20. The van der Waals surface area contributed by atoms with Gasteiger partial charge in [-0.15, -0.1) is 10.2 Å². The van der Waals surface area contributed by atoms with E-state index in [1.54, 1.807) is 49.9 Å². The number of hydrogen-bond acceptors (Lipinski definition) is 6. The lowest BCUT2D eigenvalue weighted by Crippen LogP contribution is -2.15. The van der Waals surface area contributed by atoms with E-state index in [4.69, 9.17) is 9.47 Å². The number of anilines is 1. The first-order valence-corrected chi connectivity index (χ1v) is 9.93. The molecular formula is C20H20F2N4O3S. The number of halogens is 2. The molecule has 0 fully saturated rings. The Labute approximate surface area is 176 Å². The van der Waals surface area contributed by atoms with E-state index in [-0.39, 0.29) is 17.4 Å². The van der Waals surface area contributed by atoms with Crippen LogP contribution in [0.2, 0.25) is 0 Å². The third-order valence-corrected chi connectivity index (χ3v) is 5.14. The van der Waals surface area contributed by atoms with Gasteiger partial charge in [-0.1, -0.05) is 17.8 Å². The lowest BCUT2D eigenvalue weighted by Gasteiger charge is -2.14. The molecular weight excluding hydrogens is 414 g/mol. The molecule has 1 N–H and O–H groups in total. The number of nitrogens with one attached hydrogen (secondary N) is 1. The van der Waals surface area contributed by atoms with Crippen LogP contribution >= 0.6 is 11.8 Å². The lowest BCUT2D eigenvalue weighted by atomic mass is 10.3. The molecule has 0 radical (unpaired) electrons. The van der Waals surface area contributed by atoms with E-state index < -0.39 is 17.7 Å². The van der Waals surface area contributed by atoms with Crippen LogP contribution in [-0.4, -0.2) is 33.5 Å². The largest absolute Gasteiger partial charge is 0.497 e. The van der Waals surface area contributed by atoms with Crippen LogP contribution in [0.4, 0.5) is 14.5 Å². The van der Waals surface area contributed by atoms with Crippen molar-refractivity contribution >= 4 is 23.4 Å². The van der Waals surface area contributed by atoms with Gasteiger partial charge in [-0.3, -0.25) is 4.79 Å². The fourth-order valence-corrected chi connectivity index (χ4v) is 3.37. The molecule has 0 aliphatic rings. The summed E-state index contributed by atoms with van der Waals surface area (Å²) in [6.45, 7) is 1.68. The van der Waals surface area contributed by atoms with Gasteiger partial charge >= 0.3 is 0 Å². The van der Waals surface area contributed by atoms with E-state index in [2.05, 4.69) is 15.5 Å². The van der Waals surface area contributed by atoms with Crippen molar-refractivity contribution in [3.63, 3.8) is 0 Å². The summed E-state index contributed by atoms with van der Waals surface area (Å²) in [6.07, 6.45) is -0.637. The van der Waals surface area contributed by atoms with E-state index in [1.807, 2.05) is 0 Å². The van der Waals surface area contributed by atoms with Gasteiger partial charge in [0.25, 0.3) is 0 Å². The van der Waals surface area contributed by atoms with E-state index >= 15 is 0 Å². The molecule has 1 amide bonds. The number of carbonyl (C=O) groups is 1. The molecule has 1 heterocycles. The number of methoxy groups -OCH3 is 1. The SMILES string of the molecule is COc1cccc(NC(=O)CSc2nnc(C(C)Oc3ccc(F)cc3F)n2C)c1. The third kappa shape index (κ3) is 5.26. The van der Waals surface area contributed by atoms with Crippen molar-refractivity contribution in [2.24, 2.45) is 7.05 Å². The molecule has 0 saturated carbocycles. The summed E-state index contributed by atoms with van der Waals surface area (Å²) < 4.78 is 39.2. The van der Waals surface area contributed by atoms with Gasteiger partial charge in [-0.05, 0) is 31.2 Å². The molecule has 3 rings (SSSR count). The molecule has 0 spiro atoms. The first-order valence-electron chi connectivity index (χ1n) is 8.95. The molecule has 10 heteroatoms. The van der Waals surface area contributed by atoms with Gasteiger partial charge in [-0.2, -0.15) is 0 Å². The molecule has 1 unspecified atom stereocenters. The minimum absolute atomic E-state index is 0.0845. The summed E-state index contributed by atoms with van der Waals surface area (Å²) in [5.41, 5.74) is 0.627. The van der Waals surface area contributed by atoms with Gasteiger partial charge in [0.1, 0.15) is 11.6 Å². The van der Waals surface area contributed by atoms with Gasteiger partial charge in [0.15, 0.2) is 28.7 Å². The summed E-state index contributed by atoms with van der Waals surface area (Å²) in [5.74, 6) is -0.580. The molecule has 3 aromatic rings. The first kappa shape index (κ1) is 21.6. The number of rotatable bonds is 8. The number of amides is 1. The van der Waals surface area contributed by atoms with Crippen LogP contribution in [0.25, 0.3) is 0 Å². The highest BCUT2D eigenvalue weighted by Crippen LogP contribution is 2.26. The maximum atomic E-state index is 13.8. The molecule has 7 nitrogen and oxygen atoms in total. The highest BCUT2D eigenvalue weighted by atomic mass is 32.2. The Hall–Kier alpha value is -3.14. The van der Waals surface area contributed by atoms with Crippen LogP contribution in [-0.2, 0) is 11.8 Å². The van der Waals surface area contributed by atoms with Crippen LogP contribution in [0.15, 0.2) is 47.6 Å². The van der Waals surface area contributed by atoms with Crippen LogP contribution < -0.4 is 14.8 Å². The second kappa shape index (κ2) is 9.57. The summed E-state index contributed by atoms with van der Waals surface area (Å²) in [5, 5.41) is 11.4. The highest BCUT2D eigenvalue weighted by molar-refractivity contribution is 7.99. The number of hydrogen-bond donors (Lipinski definition) is 1. The summed E-state index contributed by atoms with van der Waals surface area (Å²) in [4.78, 5) is 12.2. The highest BCUT2D eigenvalue weighted by Gasteiger charge is 2.19. The van der Waals surface area contributed by atoms with Crippen molar-refractivity contribution in [3.8, 4) is 11.5 Å². The summed E-state index contributed by atoms with van der Waals surface area (Å²) in [6, 6.07) is 10.1.